The highest BCUT2D eigenvalue weighted by Crippen LogP contribution is 2.47. The van der Waals surface area contributed by atoms with Crippen LogP contribution in [0.3, 0.4) is 0 Å². The Balaban J connectivity index is 1.33. The van der Waals surface area contributed by atoms with E-state index in [1.165, 1.54) is 24.8 Å². The molecule has 0 amide bonds. The number of hydrogen-bond donors (Lipinski definition) is 1. The summed E-state index contributed by atoms with van der Waals surface area (Å²) in [6.45, 7) is 7.07. The third-order valence-electron chi connectivity index (χ3n) is 6.06. The molecule has 0 radical (unpaired) electrons. The van der Waals surface area contributed by atoms with Crippen molar-refractivity contribution < 1.29 is 4.74 Å². The Kier molecular flexibility index (Phi) is 4.95. The summed E-state index contributed by atoms with van der Waals surface area (Å²) in [5.74, 6) is 1.07. The normalized spacial score (nSPS) is 26.7. The molecule has 1 aliphatic carbocycles. The van der Waals surface area contributed by atoms with Crippen molar-refractivity contribution in [2.45, 2.75) is 30.7 Å². The monoisotopic (exact) mass is 342 g/mol. The maximum atomic E-state index is 5.49. The molecule has 1 N–H and O–H groups in total. The van der Waals surface area contributed by atoms with Gasteiger partial charge in [-0.1, -0.05) is 30.3 Å². The van der Waals surface area contributed by atoms with Gasteiger partial charge in [-0.05, 0) is 24.8 Å². The van der Waals surface area contributed by atoms with E-state index in [0.717, 1.165) is 51.9 Å². The SMILES string of the molecule is CN=C(NCC1(c2ccccc2)CC1)N1CCC(N2CCOCC2)C1. The Morgan fingerprint density at radius 2 is 1.96 bits per heavy atom. The molecule has 0 aromatic heterocycles. The van der Waals surface area contributed by atoms with Gasteiger partial charge in [0.25, 0.3) is 0 Å². The van der Waals surface area contributed by atoms with Gasteiger partial charge in [0.2, 0.25) is 0 Å². The lowest BCUT2D eigenvalue weighted by Gasteiger charge is -2.32. The Labute approximate surface area is 151 Å². The minimum absolute atomic E-state index is 0.320. The van der Waals surface area contributed by atoms with Crippen LogP contribution in [0.5, 0.6) is 0 Å². The van der Waals surface area contributed by atoms with Crippen molar-refractivity contribution in [1.29, 1.82) is 0 Å². The molecule has 3 aliphatic rings. The van der Waals surface area contributed by atoms with Gasteiger partial charge in [-0.15, -0.1) is 0 Å². The van der Waals surface area contributed by atoms with Crippen LogP contribution in [0.1, 0.15) is 24.8 Å². The molecule has 1 aromatic carbocycles. The van der Waals surface area contributed by atoms with Gasteiger partial charge < -0.3 is 15.0 Å². The first-order valence-electron chi connectivity index (χ1n) is 9.64. The lowest BCUT2D eigenvalue weighted by Crippen LogP contribution is -2.47. The smallest absolute Gasteiger partial charge is 0.193 e. The summed E-state index contributed by atoms with van der Waals surface area (Å²) in [7, 11) is 1.91. The Bertz CT molecular complexity index is 593. The van der Waals surface area contributed by atoms with Crippen molar-refractivity contribution in [3.05, 3.63) is 35.9 Å². The number of aliphatic imine (C=N–C) groups is 1. The molecule has 1 saturated carbocycles. The maximum Gasteiger partial charge on any atom is 0.193 e. The van der Waals surface area contributed by atoms with Gasteiger partial charge in [0.05, 0.1) is 13.2 Å². The van der Waals surface area contributed by atoms with Crippen LogP contribution < -0.4 is 5.32 Å². The molecule has 136 valence electrons. The third kappa shape index (κ3) is 3.67. The van der Waals surface area contributed by atoms with Gasteiger partial charge in [0, 0.05) is 51.2 Å². The van der Waals surface area contributed by atoms with Crippen LogP contribution in [-0.2, 0) is 10.2 Å². The Morgan fingerprint density at radius 3 is 2.64 bits per heavy atom. The van der Waals surface area contributed by atoms with E-state index in [-0.39, 0.29) is 0 Å². The molecule has 25 heavy (non-hydrogen) atoms. The first kappa shape index (κ1) is 16.9. The first-order chi connectivity index (χ1) is 12.3. The number of likely N-dealkylation sites (tertiary alicyclic amines) is 1. The second-order valence-electron chi connectivity index (χ2n) is 7.58. The molecule has 0 spiro atoms. The van der Waals surface area contributed by atoms with Gasteiger partial charge in [-0.25, -0.2) is 0 Å². The number of rotatable bonds is 4. The number of morpholine rings is 1. The van der Waals surface area contributed by atoms with Crippen molar-refractivity contribution in [3.63, 3.8) is 0 Å². The van der Waals surface area contributed by atoms with Gasteiger partial charge >= 0.3 is 0 Å². The van der Waals surface area contributed by atoms with Crippen molar-refractivity contribution in [2.24, 2.45) is 4.99 Å². The van der Waals surface area contributed by atoms with Crippen molar-refractivity contribution in [3.8, 4) is 0 Å². The minimum atomic E-state index is 0.320. The number of nitrogens with one attached hydrogen (secondary N) is 1. The first-order valence-corrected chi connectivity index (χ1v) is 9.64. The van der Waals surface area contributed by atoms with E-state index in [0.29, 0.717) is 11.5 Å². The van der Waals surface area contributed by atoms with E-state index in [1.54, 1.807) is 0 Å². The summed E-state index contributed by atoms with van der Waals surface area (Å²) in [4.78, 5) is 9.58. The Morgan fingerprint density at radius 1 is 1.20 bits per heavy atom. The molecule has 1 unspecified atom stereocenters. The predicted octanol–water partition coefficient (Wildman–Crippen LogP) is 1.70. The van der Waals surface area contributed by atoms with Gasteiger partial charge in [0.1, 0.15) is 0 Å². The summed E-state index contributed by atoms with van der Waals surface area (Å²) < 4.78 is 5.49. The summed E-state index contributed by atoms with van der Waals surface area (Å²) in [6, 6.07) is 11.6. The fraction of sp³-hybridized carbons (Fsp3) is 0.650. The molecule has 2 aliphatic heterocycles. The van der Waals surface area contributed by atoms with E-state index in [2.05, 4.69) is 50.4 Å². The topological polar surface area (TPSA) is 40.1 Å². The van der Waals surface area contributed by atoms with Crippen LogP contribution >= 0.6 is 0 Å². The maximum absolute atomic E-state index is 5.49. The second kappa shape index (κ2) is 7.34. The van der Waals surface area contributed by atoms with Crippen molar-refractivity contribution >= 4 is 5.96 Å². The van der Waals surface area contributed by atoms with Crippen molar-refractivity contribution in [1.82, 2.24) is 15.1 Å². The number of ether oxygens (including phenoxy) is 1. The lowest BCUT2D eigenvalue weighted by molar-refractivity contribution is 0.0195. The molecular weight excluding hydrogens is 312 g/mol. The van der Waals surface area contributed by atoms with E-state index in [4.69, 9.17) is 4.74 Å². The molecule has 3 fully saturated rings. The number of guanidine groups is 1. The highest BCUT2D eigenvalue weighted by Gasteiger charge is 2.44. The molecule has 2 heterocycles. The molecule has 4 rings (SSSR count). The van der Waals surface area contributed by atoms with Gasteiger partial charge in [0.15, 0.2) is 5.96 Å². The Hall–Kier alpha value is -1.59. The van der Waals surface area contributed by atoms with E-state index < -0.39 is 0 Å². The van der Waals surface area contributed by atoms with Crippen LogP contribution in [0.25, 0.3) is 0 Å². The van der Waals surface area contributed by atoms with E-state index in [9.17, 15) is 0 Å². The standard InChI is InChI=1S/C20H30N4O/c1-21-19(22-16-20(8-9-20)17-5-3-2-4-6-17)24-10-7-18(15-24)23-11-13-25-14-12-23/h2-6,18H,7-16H2,1H3,(H,21,22). The number of nitrogens with zero attached hydrogens (tertiary/aromatic N) is 3. The van der Waals surface area contributed by atoms with Crippen LogP contribution in [-0.4, -0.2) is 74.8 Å². The average molecular weight is 342 g/mol. The zero-order valence-corrected chi connectivity index (χ0v) is 15.3. The minimum Gasteiger partial charge on any atom is -0.379 e. The van der Waals surface area contributed by atoms with Crippen LogP contribution in [0.4, 0.5) is 0 Å². The summed E-state index contributed by atoms with van der Waals surface area (Å²) >= 11 is 0. The van der Waals surface area contributed by atoms with Crippen LogP contribution in [0.2, 0.25) is 0 Å². The van der Waals surface area contributed by atoms with Crippen LogP contribution in [0.15, 0.2) is 35.3 Å². The molecule has 2 saturated heterocycles. The molecule has 1 atom stereocenters. The zero-order valence-electron chi connectivity index (χ0n) is 15.3. The molecule has 0 bridgehead atoms. The molecule has 5 heteroatoms. The second-order valence-corrected chi connectivity index (χ2v) is 7.58. The predicted molar refractivity (Wildman–Crippen MR) is 101 cm³/mol. The van der Waals surface area contributed by atoms with Gasteiger partial charge in [-0.3, -0.25) is 9.89 Å². The third-order valence-corrected chi connectivity index (χ3v) is 6.06. The molecule has 1 aromatic rings. The van der Waals surface area contributed by atoms with E-state index in [1.807, 2.05) is 7.05 Å². The fourth-order valence-corrected chi connectivity index (χ4v) is 4.27. The number of hydrogen-bond acceptors (Lipinski definition) is 3. The largest absolute Gasteiger partial charge is 0.379 e. The quantitative estimate of drug-likeness (QED) is 0.668. The lowest BCUT2D eigenvalue weighted by atomic mass is 9.96. The highest BCUT2D eigenvalue weighted by atomic mass is 16.5. The zero-order chi connectivity index (χ0) is 17.1. The summed E-state index contributed by atoms with van der Waals surface area (Å²) in [6.07, 6.45) is 3.78. The summed E-state index contributed by atoms with van der Waals surface area (Å²) in [5.41, 5.74) is 1.78. The highest BCUT2D eigenvalue weighted by molar-refractivity contribution is 5.80. The van der Waals surface area contributed by atoms with E-state index >= 15 is 0 Å². The fourth-order valence-electron chi connectivity index (χ4n) is 4.27. The molecule has 5 nitrogen and oxygen atoms in total. The van der Waals surface area contributed by atoms with Gasteiger partial charge in [-0.2, -0.15) is 0 Å². The molecular formula is C20H30N4O. The van der Waals surface area contributed by atoms with Crippen molar-refractivity contribution in [2.75, 3.05) is 53.0 Å². The summed E-state index contributed by atoms with van der Waals surface area (Å²) in [5, 5.41) is 3.67. The average Bonchev–Trinajstić information content (AvgIpc) is 3.32. The number of benzene rings is 1. The van der Waals surface area contributed by atoms with Crippen LogP contribution in [0, 0.1) is 0 Å².